The lowest BCUT2D eigenvalue weighted by Gasteiger charge is -2.02. The summed E-state index contributed by atoms with van der Waals surface area (Å²) in [6, 6.07) is 8.02. The molecule has 2 rings (SSSR count). The Kier molecular flexibility index (Phi) is 3.33. The number of nitrogens with one attached hydrogen (secondary N) is 1. The van der Waals surface area contributed by atoms with E-state index in [-0.39, 0.29) is 18.4 Å². The first kappa shape index (κ1) is 10.8. The minimum atomic E-state index is -0.0869. The second-order valence-corrected chi connectivity index (χ2v) is 3.05. The Balaban J connectivity index is 0.000000980. The summed E-state index contributed by atoms with van der Waals surface area (Å²) in [7, 11) is 0. The monoisotopic (exact) mass is 208 g/mol. The Morgan fingerprint density at radius 2 is 2.07 bits per heavy atom. The average Bonchev–Trinajstić information content (AvgIpc) is 2.60. The molecule has 0 bridgehead atoms. The fourth-order valence-electron chi connectivity index (χ4n) is 1.50. The number of halogens is 1. The van der Waals surface area contributed by atoms with Crippen LogP contribution in [0.2, 0.25) is 0 Å². The zero-order valence-electron chi connectivity index (χ0n) is 7.73. The average molecular weight is 209 g/mol. The van der Waals surface area contributed by atoms with E-state index in [0.717, 1.165) is 11.1 Å². The minimum absolute atomic E-state index is 0. The van der Waals surface area contributed by atoms with Gasteiger partial charge in [-0.3, -0.25) is 0 Å². The molecule has 14 heavy (non-hydrogen) atoms. The van der Waals surface area contributed by atoms with E-state index in [0.29, 0.717) is 0 Å². The molecule has 2 nitrogen and oxygen atoms in total. The van der Waals surface area contributed by atoms with Gasteiger partial charge in [0.2, 0.25) is 0 Å². The number of rotatable bonds is 2. The highest BCUT2D eigenvalue weighted by atomic mass is 35.5. The molecular formula is C11H13ClN2. The molecule has 0 aliphatic heterocycles. The van der Waals surface area contributed by atoms with Crippen molar-refractivity contribution in [2.45, 2.75) is 6.04 Å². The number of hydrogen-bond donors (Lipinski definition) is 2. The van der Waals surface area contributed by atoms with Gasteiger partial charge in [0.05, 0.1) is 0 Å². The summed E-state index contributed by atoms with van der Waals surface area (Å²) in [6.45, 7) is 3.68. The van der Waals surface area contributed by atoms with Crippen LogP contribution in [-0.2, 0) is 0 Å². The zero-order valence-corrected chi connectivity index (χ0v) is 8.55. The molecule has 0 spiro atoms. The molecule has 0 amide bonds. The summed E-state index contributed by atoms with van der Waals surface area (Å²) in [5, 5.41) is 1.18. The molecule has 0 radical (unpaired) electrons. The second-order valence-electron chi connectivity index (χ2n) is 3.05. The molecule has 0 fully saturated rings. The summed E-state index contributed by atoms with van der Waals surface area (Å²) in [4.78, 5) is 3.18. The number of benzene rings is 1. The molecule has 0 aliphatic carbocycles. The number of hydrogen-bond acceptors (Lipinski definition) is 1. The summed E-state index contributed by atoms with van der Waals surface area (Å²) in [5.74, 6) is 0. The Bertz CT molecular complexity index is 434. The van der Waals surface area contributed by atoms with Crippen molar-refractivity contribution in [3.05, 3.63) is 48.7 Å². The molecule has 1 aromatic carbocycles. The molecule has 0 saturated carbocycles. The SMILES string of the molecule is C=C[C@@H](N)c1c[nH]c2ccccc12.Cl. The first-order valence-corrected chi connectivity index (χ1v) is 4.27. The van der Waals surface area contributed by atoms with Crippen LogP contribution in [0.5, 0.6) is 0 Å². The van der Waals surface area contributed by atoms with Gasteiger partial charge in [-0.1, -0.05) is 24.3 Å². The van der Waals surface area contributed by atoms with Crippen molar-refractivity contribution in [1.29, 1.82) is 0 Å². The van der Waals surface area contributed by atoms with Crippen molar-refractivity contribution in [3.8, 4) is 0 Å². The Labute approximate surface area is 89.2 Å². The summed E-state index contributed by atoms with van der Waals surface area (Å²) >= 11 is 0. The summed E-state index contributed by atoms with van der Waals surface area (Å²) in [6.07, 6.45) is 3.69. The quantitative estimate of drug-likeness (QED) is 0.733. The Morgan fingerprint density at radius 1 is 1.36 bits per heavy atom. The van der Waals surface area contributed by atoms with Gasteiger partial charge in [0, 0.05) is 23.1 Å². The van der Waals surface area contributed by atoms with Crippen LogP contribution in [-0.4, -0.2) is 4.98 Å². The van der Waals surface area contributed by atoms with Crippen molar-refractivity contribution in [3.63, 3.8) is 0 Å². The molecule has 1 atom stereocenters. The maximum absolute atomic E-state index is 5.87. The van der Waals surface area contributed by atoms with Gasteiger partial charge in [0.1, 0.15) is 0 Å². The van der Waals surface area contributed by atoms with Gasteiger partial charge in [-0.25, -0.2) is 0 Å². The van der Waals surface area contributed by atoms with E-state index in [1.54, 1.807) is 6.08 Å². The molecule has 74 valence electrons. The third-order valence-electron chi connectivity index (χ3n) is 2.23. The molecule has 2 aromatic rings. The molecule has 3 heteroatoms. The first-order valence-electron chi connectivity index (χ1n) is 4.27. The van der Waals surface area contributed by atoms with Gasteiger partial charge in [0.15, 0.2) is 0 Å². The molecule has 1 aromatic heterocycles. The lowest BCUT2D eigenvalue weighted by atomic mass is 10.1. The van der Waals surface area contributed by atoms with Crippen LogP contribution in [0.3, 0.4) is 0 Å². The lowest BCUT2D eigenvalue weighted by molar-refractivity contribution is 0.924. The van der Waals surface area contributed by atoms with Crippen LogP contribution >= 0.6 is 12.4 Å². The molecule has 0 aliphatic rings. The summed E-state index contributed by atoms with van der Waals surface area (Å²) < 4.78 is 0. The highest BCUT2D eigenvalue weighted by molar-refractivity contribution is 5.85. The van der Waals surface area contributed by atoms with E-state index >= 15 is 0 Å². The largest absolute Gasteiger partial charge is 0.361 e. The molecule has 1 heterocycles. The van der Waals surface area contributed by atoms with E-state index < -0.39 is 0 Å². The van der Waals surface area contributed by atoms with Gasteiger partial charge >= 0.3 is 0 Å². The number of para-hydroxylation sites is 1. The van der Waals surface area contributed by atoms with Crippen LogP contribution in [0.15, 0.2) is 43.1 Å². The van der Waals surface area contributed by atoms with Gasteiger partial charge < -0.3 is 10.7 Å². The summed E-state index contributed by atoms with van der Waals surface area (Å²) in [5.41, 5.74) is 8.09. The maximum atomic E-state index is 5.87. The van der Waals surface area contributed by atoms with Crippen LogP contribution in [0.1, 0.15) is 11.6 Å². The van der Waals surface area contributed by atoms with Gasteiger partial charge in [-0.05, 0) is 11.6 Å². The van der Waals surface area contributed by atoms with Crippen molar-refractivity contribution in [2.24, 2.45) is 5.73 Å². The third kappa shape index (κ3) is 1.67. The predicted octanol–water partition coefficient (Wildman–Crippen LogP) is 2.78. The molecular weight excluding hydrogens is 196 g/mol. The second kappa shape index (κ2) is 4.31. The van der Waals surface area contributed by atoms with E-state index in [1.807, 2.05) is 24.4 Å². The van der Waals surface area contributed by atoms with Crippen molar-refractivity contribution in [1.82, 2.24) is 4.98 Å². The molecule has 0 saturated heterocycles. The fourth-order valence-corrected chi connectivity index (χ4v) is 1.50. The van der Waals surface area contributed by atoms with E-state index in [2.05, 4.69) is 17.6 Å². The van der Waals surface area contributed by atoms with Crippen molar-refractivity contribution >= 4 is 23.3 Å². The van der Waals surface area contributed by atoms with E-state index in [4.69, 9.17) is 5.73 Å². The Morgan fingerprint density at radius 3 is 2.79 bits per heavy atom. The van der Waals surface area contributed by atoms with E-state index in [1.165, 1.54) is 5.39 Å². The number of aromatic amines is 1. The molecule has 3 N–H and O–H groups in total. The fraction of sp³-hybridized carbons (Fsp3) is 0.0909. The number of H-pyrrole nitrogens is 1. The smallest absolute Gasteiger partial charge is 0.0499 e. The van der Waals surface area contributed by atoms with Crippen molar-refractivity contribution < 1.29 is 0 Å². The number of nitrogens with two attached hydrogens (primary N) is 1. The van der Waals surface area contributed by atoms with Gasteiger partial charge in [0.25, 0.3) is 0 Å². The number of fused-ring (bicyclic) bond motifs is 1. The highest BCUT2D eigenvalue weighted by Crippen LogP contribution is 2.22. The van der Waals surface area contributed by atoms with Crippen LogP contribution < -0.4 is 5.73 Å². The normalized spacial score (nSPS) is 12.1. The predicted molar refractivity (Wildman–Crippen MR) is 62.7 cm³/mol. The van der Waals surface area contributed by atoms with Crippen LogP contribution in [0.25, 0.3) is 10.9 Å². The topological polar surface area (TPSA) is 41.8 Å². The van der Waals surface area contributed by atoms with Crippen LogP contribution in [0.4, 0.5) is 0 Å². The third-order valence-corrected chi connectivity index (χ3v) is 2.23. The highest BCUT2D eigenvalue weighted by Gasteiger charge is 2.06. The number of aromatic nitrogens is 1. The lowest BCUT2D eigenvalue weighted by Crippen LogP contribution is -2.05. The van der Waals surface area contributed by atoms with Gasteiger partial charge in [-0.15, -0.1) is 19.0 Å². The first-order chi connectivity index (χ1) is 6.33. The zero-order chi connectivity index (χ0) is 9.26. The van der Waals surface area contributed by atoms with E-state index in [9.17, 15) is 0 Å². The Hall–Kier alpha value is -1.25. The van der Waals surface area contributed by atoms with Gasteiger partial charge in [-0.2, -0.15) is 0 Å². The minimum Gasteiger partial charge on any atom is -0.361 e. The van der Waals surface area contributed by atoms with Crippen LogP contribution in [0, 0.1) is 0 Å². The molecule has 0 unspecified atom stereocenters. The standard InChI is InChI=1S/C11H12N2.ClH/c1-2-10(12)9-7-13-11-6-4-3-5-8(9)11;/h2-7,10,13H,1,12H2;1H/t10-;/m1./s1. The van der Waals surface area contributed by atoms with Crippen molar-refractivity contribution in [2.75, 3.05) is 0 Å². The maximum Gasteiger partial charge on any atom is 0.0499 e.